The van der Waals surface area contributed by atoms with Crippen LogP contribution in [0, 0.1) is 29.5 Å². The molecule has 1 aromatic carbocycles. The molecule has 0 saturated heterocycles. The molecule has 3 fully saturated rings. The Morgan fingerprint density at radius 3 is 2.90 bits per heavy atom. The summed E-state index contributed by atoms with van der Waals surface area (Å²) in [6, 6.07) is 4.84. The van der Waals surface area contributed by atoms with E-state index in [1.165, 1.54) is 31.7 Å². The highest BCUT2D eigenvalue weighted by molar-refractivity contribution is 6.30. The molecule has 0 heterocycles. The average Bonchev–Trinajstić information content (AvgIpc) is 3.04. The van der Waals surface area contributed by atoms with E-state index in [1.807, 2.05) is 0 Å². The molecule has 1 aromatic rings. The van der Waals surface area contributed by atoms with E-state index in [2.05, 4.69) is 0 Å². The first-order chi connectivity index (χ1) is 9.57. The van der Waals surface area contributed by atoms with Crippen LogP contribution in [0.4, 0.5) is 4.39 Å². The Labute approximate surface area is 124 Å². The number of benzene rings is 1. The molecule has 0 amide bonds. The fourth-order valence-electron chi connectivity index (χ4n) is 5.44. The van der Waals surface area contributed by atoms with E-state index in [0.29, 0.717) is 18.3 Å². The molecule has 2 bridgehead atoms. The third-order valence-electron chi connectivity index (χ3n) is 6.10. The highest BCUT2D eigenvalue weighted by Crippen LogP contribution is 2.62. The first kappa shape index (κ1) is 13.1. The van der Waals surface area contributed by atoms with Gasteiger partial charge in [0, 0.05) is 6.42 Å². The molecular weight excluding hydrogens is 275 g/mol. The number of hydrogen-bond donors (Lipinski definition) is 1. The molecule has 20 heavy (non-hydrogen) atoms. The topological polar surface area (TPSA) is 20.2 Å². The molecule has 108 valence electrons. The first-order valence-corrected chi connectivity index (χ1v) is 8.11. The molecule has 0 spiro atoms. The van der Waals surface area contributed by atoms with Crippen molar-refractivity contribution in [1.29, 1.82) is 0 Å². The fourth-order valence-corrected chi connectivity index (χ4v) is 5.65. The van der Waals surface area contributed by atoms with Crippen LogP contribution in [0.3, 0.4) is 0 Å². The Bertz CT molecular complexity index is 546. The van der Waals surface area contributed by atoms with Crippen LogP contribution < -0.4 is 0 Å². The van der Waals surface area contributed by atoms with Gasteiger partial charge in [-0.1, -0.05) is 24.1 Å². The molecule has 3 aliphatic carbocycles. The van der Waals surface area contributed by atoms with Crippen LogP contribution in [-0.4, -0.2) is 10.7 Å². The predicted octanol–water partition coefficient (Wildman–Crippen LogP) is 4.21. The monoisotopic (exact) mass is 294 g/mol. The minimum Gasteiger partial charge on any atom is -0.389 e. The minimum atomic E-state index is -0.586. The number of aliphatic hydroxyl groups is 1. The van der Waals surface area contributed by atoms with Crippen molar-refractivity contribution >= 4 is 11.6 Å². The third-order valence-corrected chi connectivity index (χ3v) is 6.39. The largest absolute Gasteiger partial charge is 0.389 e. The van der Waals surface area contributed by atoms with E-state index in [9.17, 15) is 9.50 Å². The molecule has 1 nitrogen and oxygen atoms in total. The lowest BCUT2D eigenvalue weighted by Crippen LogP contribution is -2.43. The van der Waals surface area contributed by atoms with Gasteiger partial charge < -0.3 is 5.11 Å². The Kier molecular flexibility index (Phi) is 2.91. The summed E-state index contributed by atoms with van der Waals surface area (Å²) >= 11 is 5.86. The normalized spacial score (nSPS) is 42.1. The van der Waals surface area contributed by atoms with Gasteiger partial charge in [0.15, 0.2) is 0 Å². The van der Waals surface area contributed by atoms with Gasteiger partial charge in [0.05, 0.1) is 10.6 Å². The van der Waals surface area contributed by atoms with Crippen molar-refractivity contribution in [3.8, 4) is 0 Å². The molecule has 3 heteroatoms. The number of fused-ring (bicyclic) bond motifs is 5. The maximum absolute atomic E-state index is 13.2. The van der Waals surface area contributed by atoms with Crippen LogP contribution in [0.15, 0.2) is 18.2 Å². The fraction of sp³-hybridized carbons (Fsp3) is 0.647. The van der Waals surface area contributed by atoms with Crippen molar-refractivity contribution in [2.75, 3.05) is 0 Å². The van der Waals surface area contributed by atoms with Crippen molar-refractivity contribution in [2.45, 2.75) is 44.1 Å². The van der Waals surface area contributed by atoms with E-state index in [4.69, 9.17) is 11.6 Å². The molecule has 5 atom stereocenters. The maximum atomic E-state index is 13.2. The summed E-state index contributed by atoms with van der Waals surface area (Å²) in [5.41, 5.74) is 0.373. The van der Waals surface area contributed by atoms with Gasteiger partial charge in [0.2, 0.25) is 0 Å². The summed E-state index contributed by atoms with van der Waals surface area (Å²) in [5.74, 6) is 2.38. The van der Waals surface area contributed by atoms with Crippen molar-refractivity contribution in [3.05, 3.63) is 34.6 Å². The second-order valence-electron chi connectivity index (χ2n) is 7.09. The molecule has 5 unspecified atom stereocenters. The van der Waals surface area contributed by atoms with Gasteiger partial charge >= 0.3 is 0 Å². The average molecular weight is 295 g/mol. The Balaban J connectivity index is 1.58. The van der Waals surface area contributed by atoms with E-state index in [1.54, 1.807) is 12.1 Å². The quantitative estimate of drug-likeness (QED) is 0.866. The second-order valence-corrected chi connectivity index (χ2v) is 7.50. The summed E-state index contributed by atoms with van der Waals surface area (Å²) in [4.78, 5) is 0. The lowest BCUT2D eigenvalue weighted by atomic mass is 9.71. The number of halogens is 2. The van der Waals surface area contributed by atoms with Crippen LogP contribution in [-0.2, 0) is 6.42 Å². The summed E-state index contributed by atoms with van der Waals surface area (Å²) < 4.78 is 13.2. The van der Waals surface area contributed by atoms with Crippen molar-refractivity contribution in [2.24, 2.45) is 23.7 Å². The first-order valence-electron chi connectivity index (χ1n) is 7.73. The van der Waals surface area contributed by atoms with Crippen LogP contribution in [0.1, 0.15) is 37.7 Å². The smallest absolute Gasteiger partial charge is 0.141 e. The van der Waals surface area contributed by atoms with Crippen LogP contribution in [0.25, 0.3) is 0 Å². The second kappa shape index (κ2) is 4.45. The molecular formula is C17H20ClFO. The zero-order valence-corrected chi connectivity index (χ0v) is 12.2. The molecule has 1 N–H and O–H groups in total. The van der Waals surface area contributed by atoms with Gasteiger partial charge in [-0.15, -0.1) is 0 Å². The summed E-state index contributed by atoms with van der Waals surface area (Å²) in [5, 5.41) is 11.3. The lowest BCUT2D eigenvalue weighted by Gasteiger charge is -2.39. The van der Waals surface area contributed by atoms with Crippen LogP contribution in [0.5, 0.6) is 0 Å². The molecule has 3 saturated carbocycles. The van der Waals surface area contributed by atoms with Crippen molar-refractivity contribution < 1.29 is 9.50 Å². The summed E-state index contributed by atoms with van der Waals surface area (Å²) in [7, 11) is 0. The SMILES string of the molecule is OC1(Cc2ccc(F)c(Cl)c2)CC2CC1C1CCCC21. The highest BCUT2D eigenvalue weighted by Gasteiger charge is 2.60. The third kappa shape index (κ3) is 1.84. The van der Waals surface area contributed by atoms with Gasteiger partial charge in [-0.25, -0.2) is 4.39 Å². The number of rotatable bonds is 2. The van der Waals surface area contributed by atoms with E-state index in [-0.39, 0.29) is 10.8 Å². The van der Waals surface area contributed by atoms with Gasteiger partial charge in [0.25, 0.3) is 0 Å². The highest BCUT2D eigenvalue weighted by atomic mass is 35.5. The Morgan fingerprint density at radius 1 is 1.30 bits per heavy atom. The van der Waals surface area contributed by atoms with Gasteiger partial charge in [-0.3, -0.25) is 0 Å². The summed E-state index contributed by atoms with van der Waals surface area (Å²) in [6.45, 7) is 0. The Hall–Kier alpha value is -0.600. The van der Waals surface area contributed by atoms with Crippen molar-refractivity contribution in [3.63, 3.8) is 0 Å². The molecule has 0 aliphatic heterocycles. The number of hydrogen-bond acceptors (Lipinski definition) is 1. The van der Waals surface area contributed by atoms with Crippen molar-refractivity contribution in [1.82, 2.24) is 0 Å². The predicted molar refractivity (Wildman–Crippen MR) is 77.1 cm³/mol. The summed E-state index contributed by atoms with van der Waals surface area (Å²) in [6.07, 6.45) is 6.73. The lowest BCUT2D eigenvalue weighted by molar-refractivity contribution is -0.0450. The van der Waals surface area contributed by atoms with Crippen LogP contribution in [0.2, 0.25) is 5.02 Å². The van der Waals surface area contributed by atoms with Gasteiger partial charge in [-0.2, -0.15) is 0 Å². The van der Waals surface area contributed by atoms with Gasteiger partial charge in [-0.05, 0) is 67.1 Å². The van der Waals surface area contributed by atoms with Gasteiger partial charge in [0.1, 0.15) is 5.82 Å². The molecule has 0 aromatic heterocycles. The Morgan fingerprint density at radius 2 is 2.10 bits per heavy atom. The van der Waals surface area contributed by atoms with Crippen LogP contribution >= 0.6 is 11.6 Å². The van der Waals surface area contributed by atoms with E-state index in [0.717, 1.165) is 23.8 Å². The molecule has 0 radical (unpaired) electrons. The minimum absolute atomic E-state index is 0.160. The zero-order valence-electron chi connectivity index (χ0n) is 11.5. The van der Waals surface area contributed by atoms with E-state index >= 15 is 0 Å². The molecule has 3 aliphatic rings. The standard InChI is InChI=1S/C17H20ClFO/c18-15-6-10(4-5-16(15)19)8-17(20)9-11-7-14(17)13-3-1-2-12(11)13/h4-6,11-14,20H,1-3,7-9H2. The molecule has 4 rings (SSSR count). The maximum Gasteiger partial charge on any atom is 0.141 e. The van der Waals surface area contributed by atoms with E-state index < -0.39 is 5.60 Å². The zero-order chi connectivity index (χ0) is 13.9.